The molecule has 11 heavy (non-hydrogen) atoms. The molecular weight excluding hydrogens is 140 g/mol. The molecule has 1 N–H and O–H groups in total. The number of terminal acetylenes is 1. The van der Waals surface area contributed by atoms with Crippen LogP contribution in [0.25, 0.3) is 0 Å². The molecule has 60 valence electrons. The van der Waals surface area contributed by atoms with Gasteiger partial charge >= 0.3 is 6.03 Å². The van der Waals surface area contributed by atoms with Crippen LogP contribution in [-0.2, 0) is 0 Å². The summed E-state index contributed by atoms with van der Waals surface area (Å²) in [6.07, 6.45) is 7.26. The topological polar surface area (TPSA) is 32.3 Å². The first-order valence-electron chi connectivity index (χ1n) is 3.69. The van der Waals surface area contributed by atoms with Gasteiger partial charge in [-0.3, -0.25) is 0 Å². The van der Waals surface area contributed by atoms with E-state index >= 15 is 0 Å². The average molecular weight is 152 g/mol. The molecule has 0 atom stereocenters. The van der Waals surface area contributed by atoms with Crippen molar-refractivity contribution in [3.8, 4) is 12.3 Å². The van der Waals surface area contributed by atoms with Crippen LogP contribution in [-0.4, -0.2) is 30.6 Å². The number of hydrogen-bond acceptors (Lipinski definition) is 1. The van der Waals surface area contributed by atoms with E-state index in [2.05, 4.69) is 11.2 Å². The minimum Gasteiger partial charge on any atom is -0.335 e. The third kappa shape index (κ3) is 2.50. The van der Waals surface area contributed by atoms with Crippen LogP contribution in [0.1, 0.15) is 12.8 Å². The van der Waals surface area contributed by atoms with Crippen LogP contribution in [0.3, 0.4) is 0 Å². The third-order valence-electron chi connectivity index (χ3n) is 1.58. The Morgan fingerprint density at radius 2 is 2.45 bits per heavy atom. The van der Waals surface area contributed by atoms with Crippen molar-refractivity contribution in [2.24, 2.45) is 0 Å². The summed E-state index contributed by atoms with van der Waals surface area (Å²) in [6, 6.07) is 0.341. The van der Waals surface area contributed by atoms with E-state index < -0.39 is 0 Å². The predicted octanol–water partition coefficient (Wildman–Crippen LogP) is 0.423. The van der Waals surface area contributed by atoms with Crippen molar-refractivity contribution in [1.82, 2.24) is 10.2 Å². The molecule has 0 radical (unpaired) electrons. The van der Waals surface area contributed by atoms with Crippen molar-refractivity contribution >= 4 is 6.03 Å². The molecule has 1 saturated carbocycles. The lowest BCUT2D eigenvalue weighted by Gasteiger charge is -2.13. The highest BCUT2D eigenvalue weighted by Gasteiger charge is 2.24. The Bertz CT molecular complexity index is 191. The standard InChI is InChI=1S/C8H12N2O/c1-3-6-10(2)8(11)9-7-4-5-7/h1,7H,4-6H2,2H3,(H,9,11). The number of hydrogen-bond donors (Lipinski definition) is 1. The molecule has 1 aliphatic rings. The zero-order valence-electron chi connectivity index (χ0n) is 6.63. The summed E-state index contributed by atoms with van der Waals surface area (Å²) in [6.45, 7) is 0.374. The fourth-order valence-corrected chi connectivity index (χ4v) is 0.721. The smallest absolute Gasteiger partial charge is 0.318 e. The quantitative estimate of drug-likeness (QED) is 0.571. The van der Waals surface area contributed by atoms with Gasteiger partial charge in [-0.15, -0.1) is 6.42 Å². The van der Waals surface area contributed by atoms with Gasteiger partial charge in [0.15, 0.2) is 0 Å². The van der Waals surface area contributed by atoms with Crippen LogP contribution < -0.4 is 5.32 Å². The van der Waals surface area contributed by atoms with Gasteiger partial charge in [0.05, 0.1) is 6.54 Å². The summed E-state index contributed by atoms with van der Waals surface area (Å²) in [5.74, 6) is 2.41. The zero-order chi connectivity index (χ0) is 8.27. The molecule has 0 heterocycles. The zero-order valence-corrected chi connectivity index (χ0v) is 6.63. The molecule has 0 aromatic rings. The van der Waals surface area contributed by atoms with Crippen molar-refractivity contribution in [2.45, 2.75) is 18.9 Å². The number of nitrogens with zero attached hydrogens (tertiary/aromatic N) is 1. The summed E-state index contributed by atoms with van der Waals surface area (Å²) in [7, 11) is 1.69. The minimum absolute atomic E-state index is 0.0644. The number of carbonyl (C=O) groups is 1. The lowest BCUT2D eigenvalue weighted by molar-refractivity contribution is 0.213. The second-order valence-electron chi connectivity index (χ2n) is 2.78. The fraction of sp³-hybridized carbons (Fsp3) is 0.625. The number of carbonyl (C=O) groups excluding carboxylic acids is 1. The molecule has 0 unspecified atom stereocenters. The van der Waals surface area contributed by atoms with E-state index in [1.54, 1.807) is 7.05 Å². The second-order valence-corrected chi connectivity index (χ2v) is 2.78. The van der Waals surface area contributed by atoms with E-state index in [1.165, 1.54) is 4.90 Å². The van der Waals surface area contributed by atoms with E-state index in [0.717, 1.165) is 12.8 Å². The van der Waals surface area contributed by atoms with Crippen molar-refractivity contribution < 1.29 is 4.79 Å². The fourth-order valence-electron chi connectivity index (χ4n) is 0.721. The largest absolute Gasteiger partial charge is 0.335 e. The summed E-state index contributed by atoms with van der Waals surface area (Å²) < 4.78 is 0. The van der Waals surface area contributed by atoms with Crippen LogP contribution in [0.15, 0.2) is 0 Å². The first-order valence-corrected chi connectivity index (χ1v) is 3.69. The van der Waals surface area contributed by atoms with Gasteiger partial charge in [-0.2, -0.15) is 0 Å². The lowest BCUT2D eigenvalue weighted by Crippen LogP contribution is -2.38. The predicted molar refractivity (Wildman–Crippen MR) is 43.0 cm³/mol. The third-order valence-corrected chi connectivity index (χ3v) is 1.58. The van der Waals surface area contributed by atoms with E-state index in [4.69, 9.17) is 6.42 Å². The van der Waals surface area contributed by atoms with E-state index in [9.17, 15) is 4.79 Å². The maximum Gasteiger partial charge on any atom is 0.318 e. The second kappa shape index (κ2) is 3.29. The van der Waals surface area contributed by atoms with Gasteiger partial charge in [-0.1, -0.05) is 5.92 Å². The van der Waals surface area contributed by atoms with Crippen LogP contribution >= 0.6 is 0 Å². The summed E-state index contributed by atoms with van der Waals surface area (Å²) in [5, 5.41) is 2.83. The summed E-state index contributed by atoms with van der Waals surface area (Å²) in [5.41, 5.74) is 0. The monoisotopic (exact) mass is 152 g/mol. The van der Waals surface area contributed by atoms with Crippen LogP contribution in [0, 0.1) is 12.3 Å². The maximum atomic E-state index is 11.1. The number of rotatable bonds is 2. The Labute approximate surface area is 66.8 Å². The molecule has 1 rings (SSSR count). The van der Waals surface area contributed by atoms with E-state index in [1.807, 2.05) is 0 Å². The lowest BCUT2D eigenvalue weighted by atomic mass is 10.6. The molecule has 0 aliphatic heterocycles. The molecule has 1 aliphatic carbocycles. The van der Waals surface area contributed by atoms with Gasteiger partial charge < -0.3 is 10.2 Å². The van der Waals surface area contributed by atoms with Crippen LogP contribution in [0.4, 0.5) is 4.79 Å². The summed E-state index contributed by atoms with van der Waals surface area (Å²) in [4.78, 5) is 12.6. The molecule has 0 aromatic heterocycles. The number of urea groups is 1. The Balaban J connectivity index is 2.22. The highest BCUT2D eigenvalue weighted by molar-refractivity contribution is 5.74. The van der Waals surface area contributed by atoms with Crippen molar-refractivity contribution in [1.29, 1.82) is 0 Å². The minimum atomic E-state index is -0.0644. The van der Waals surface area contributed by atoms with Gasteiger partial charge in [0.2, 0.25) is 0 Å². The SMILES string of the molecule is C#CCN(C)C(=O)NC1CC1. The van der Waals surface area contributed by atoms with E-state index in [0.29, 0.717) is 12.6 Å². The average Bonchev–Trinajstić information content (AvgIpc) is 2.72. The Morgan fingerprint density at radius 3 is 2.91 bits per heavy atom. The molecule has 0 saturated heterocycles. The normalized spacial score (nSPS) is 15.3. The van der Waals surface area contributed by atoms with Crippen molar-refractivity contribution in [2.75, 3.05) is 13.6 Å². The molecule has 3 heteroatoms. The van der Waals surface area contributed by atoms with E-state index in [-0.39, 0.29) is 6.03 Å². The molecule has 1 fully saturated rings. The van der Waals surface area contributed by atoms with Crippen LogP contribution in [0.5, 0.6) is 0 Å². The van der Waals surface area contributed by atoms with Gasteiger partial charge in [0.1, 0.15) is 0 Å². The van der Waals surface area contributed by atoms with Crippen LogP contribution in [0.2, 0.25) is 0 Å². The molecule has 2 amide bonds. The van der Waals surface area contributed by atoms with Gasteiger partial charge in [0.25, 0.3) is 0 Å². The summed E-state index contributed by atoms with van der Waals surface area (Å²) >= 11 is 0. The molecule has 3 nitrogen and oxygen atoms in total. The highest BCUT2D eigenvalue weighted by atomic mass is 16.2. The Morgan fingerprint density at radius 1 is 1.82 bits per heavy atom. The number of amides is 2. The maximum absolute atomic E-state index is 11.1. The molecular formula is C8H12N2O. The Hall–Kier alpha value is -1.17. The van der Waals surface area contributed by atoms with Gasteiger partial charge in [-0.25, -0.2) is 4.79 Å². The Kier molecular flexibility index (Phi) is 2.37. The van der Waals surface area contributed by atoms with Gasteiger partial charge in [0, 0.05) is 13.1 Å². The van der Waals surface area contributed by atoms with Crippen molar-refractivity contribution in [3.63, 3.8) is 0 Å². The molecule has 0 aromatic carbocycles. The first-order chi connectivity index (χ1) is 5.24. The molecule has 0 bridgehead atoms. The van der Waals surface area contributed by atoms with Crippen molar-refractivity contribution in [3.05, 3.63) is 0 Å². The highest BCUT2D eigenvalue weighted by Crippen LogP contribution is 2.18. The molecule has 0 spiro atoms. The van der Waals surface area contributed by atoms with Gasteiger partial charge in [-0.05, 0) is 12.8 Å². The first kappa shape index (κ1) is 7.93. The number of nitrogens with one attached hydrogen (secondary N) is 1.